The first-order valence-electron chi connectivity index (χ1n) is 6.71. The predicted octanol–water partition coefficient (Wildman–Crippen LogP) is 0.256. The maximum atomic E-state index is 10.00. The first-order chi connectivity index (χ1) is 9.15. The molecular weight excluding hydrogens is 242 g/mol. The molecule has 1 fully saturated rings. The van der Waals surface area contributed by atoms with Crippen molar-refractivity contribution in [3.8, 4) is 5.75 Å². The summed E-state index contributed by atoms with van der Waals surface area (Å²) in [6, 6.07) is 7.35. The first kappa shape index (κ1) is 14.1. The molecule has 5 nitrogen and oxygen atoms in total. The molecule has 1 unspecified atom stereocenters. The van der Waals surface area contributed by atoms with Gasteiger partial charge in [-0.15, -0.1) is 0 Å². The molecule has 0 aliphatic carbocycles. The number of nitrogen functional groups attached to an aromatic ring is 1. The van der Waals surface area contributed by atoms with Gasteiger partial charge >= 0.3 is 0 Å². The Morgan fingerprint density at radius 3 is 2.63 bits per heavy atom. The number of nitrogens with zero attached hydrogens (tertiary/aromatic N) is 2. The molecular formula is C14H23N3O2. The van der Waals surface area contributed by atoms with Crippen LogP contribution in [0.2, 0.25) is 0 Å². The lowest BCUT2D eigenvalue weighted by molar-refractivity contribution is 0.0507. The number of likely N-dealkylation sites (N-methyl/N-ethyl adjacent to an activating group) is 1. The van der Waals surface area contributed by atoms with Crippen molar-refractivity contribution in [3.05, 3.63) is 24.3 Å². The van der Waals surface area contributed by atoms with Gasteiger partial charge in [0.15, 0.2) is 0 Å². The summed E-state index contributed by atoms with van der Waals surface area (Å²) in [5.41, 5.74) is 6.39. The zero-order valence-corrected chi connectivity index (χ0v) is 11.5. The Kier molecular flexibility index (Phi) is 5.01. The number of rotatable bonds is 5. The highest BCUT2D eigenvalue weighted by atomic mass is 16.5. The molecule has 106 valence electrons. The second kappa shape index (κ2) is 6.75. The fraction of sp³-hybridized carbons (Fsp3) is 0.571. The van der Waals surface area contributed by atoms with Crippen LogP contribution in [0.3, 0.4) is 0 Å². The molecule has 1 aliphatic heterocycles. The average Bonchev–Trinajstić information content (AvgIpc) is 2.40. The number of hydrogen-bond donors (Lipinski definition) is 2. The van der Waals surface area contributed by atoms with E-state index in [9.17, 15) is 5.11 Å². The fourth-order valence-corrected chi connectivity index (χ4v) is 2.18. The molecule has 1 atom stereocenters. The Hall–Kier alpha value is -1.30. The van der Waals surface area contributed by atoms with E-state index >= 15 is 0 Å². The van der Waals surface area contributed by atoms with Gasteiger partial charge in [0.2, 0.25) is 0 Å². The van der Waals surface area contributed by atoms with Gasteiger partial charge in [-0.05, 0) is 19.2 Å². The van der Waals surface area contributed by atoms with Gasteiger partial charge in [0.25, 0.3) is 0 Å². The van der Waals surface area contributed by atoms with Crippen LogP contribution in [0, 0.1) is 0 Å². The first-order valence-corrected chi connectivity index (χ1v) is 6.71. The summed E-state index contributed by atoms with van der Waals surface area (Å²) in [6.07, 6.45) is -0.483. The highest BCUT2D eigenvalue weighted by Crippen LogP contribution is 2.19. The monoisotopic (exact) mass is 265 g/mol. The van der Waals surface area contributed by atoms with Crippen LogP contribution in [-0.4, -0.2) is 67.4 Å². The summed E-state index contributed by atoms with van der Waals surface area (Å²) >= 11 is 0. The van der Waals surface area contributed by atoms with Crippen LogP contribution in [0.1, 0.15) is 0 Å². The number of piperazine rings is 1. The minimum absolute atomic E-state index is 0.278. The summed E-state index contributed by atoms with van der Waals surface area (Å²) < 4.78 is 5.55. The van der Waals surface area contributed by atoms with Gasteiger partial charge < -0.3 is 20.5 Å². The number of para-hydroxylation sites is 2. The minimum atomic E-state index is -0.483. The highest BCUT2D eigenvalue weighted by molar-refractivity contribution is 5.51. The number of aliphatic hydroxyl groups excluding tert-OH is 1. The molecule has 1 saturated heterocycles. The molecule has 1 heterocycles. The second-order valence-electron chi connectivity index (χ2n) is 5.11. The van der Waals surface area contributed by atoms with Crippen molar-refractivity contribution in [2.24, 2.45) is 0 Å². The third kappa shape index (κ3) is 4.38. The van der Waals surface area contributed by atoms with Crippen molar-refractivity contribution in [2.75, 3.05) is 52.1 Å². The lowest BCUT2D eigenvalue weighted by Crippen LogP contribution is -2.47. The molecule has 0 saturated carbocycles. The Labute approximate surface area is 114 Å². The molecule has 1 aliphatic rings. The largest absolute Gasteiger partial charge is 0.489 e. The number of benzene rings is 1. The summed E-state index contributed by atoms with van der Waals surface area (Å²) in [5, 5.41) is 10.00. The van der Waals surface area contributed by atoms with Crippen molar-refractivity contribution >= 4 is 5.69 Å². The zero-order valence-electron chi connectivity index (χ0n) is 11.5. The lowest BCUT2D eigenvalue weighted by atomic mass is 10.2. The Balaban J connectivity index is 1.73. The number of nitrogens with two attached hydrogens (primary N) is 1. The highest BCUT2D eigenvalue weighted by Gasteiger charge is 2.17. The van der Waals surface area contributed by atoms with Crippen LogP contribution in [0.15, 0.2) is 24.3 Å². The van der Waals surface area contributed by atoms with Crippen LogP contribution >= 0.6 is 0 Å². The molecule has 0 bridgehead atoms. The minimum Gasteiger partial charge on any atom is -0.489 e. The van der Waals surface area contributed by atoms with Gasteiger partial charge in [0, 0.05) is 32.7 Å². The van der Waals surface area contributed by atoms with Gasteiger partial charge in [-0.2, -0.15) is 0 Å². The van der Waals surface area contributed by atoms with E-state index in [4.69, 9.17) is 10.5 Å². The van der Waals surface area contributed by atoms with Crippen LogP contribution < -0.4 is 10.5 Å². The van der Waals surface area contributed by atoms with E-state index in [2.05, 4.69) is 16.8 Å². The number of hydrogen-bond acceptors (Lipinski definition) is 5. The molecule has 0 spiro atoms. The summed E-state index contributed by atoms with van der Waals surface area (Å²) in [7, 11) is 2.12. The molecule has 19 heavy (non-hydrogen) atoms. The molecule has 0 amide bonds. The van der Waals surface area contributed by atoms with Gasteiger partial charge in [0.1, 0.15) is 18.5 Å². The van der Waals surface area contributed by atoms with Crippen molar-refractivity contribution < 1.29 is 9.84 Å². The maximum Gasteiger partial charge on any atom is 0.142 e. The van der Waals surface area contributed by atoms with E-state index in [1.165, 1.54) is 0 Å². The summed E-state index contributed by atoms with van der Waals surface area (Å²) in [6.45, 7) is 5.04. The van der Waals surface area contributed by atoms with E-state index in [0.29, 0.717) is 18.0 Å². The molecule has 3 N–H and O–H groups in total. The standard InChI is InChI=1S/C14H23N3O2/c1-16-6-8-17(9-7-16)10-12(18)11-19-14-5-3-2-4-13(14)15/h2-5,12,18H,6-11,15H2,1H3. The third-order valence-electron chi connectivity index (χ3n) is 3.42. The quantitative estimate of drug-likeness (QED) is 0.748. The van der Waals surface area contributed by atoms with Crippen LogP contribution in [0.4, 0.5) is 5.69 Å². The van der Waals surface area contributed by atoms with E-state index in [1.54, 1.807) is 6.07 Å². The molecule has 1 aromatic carbocycles. The van der Waals surface area contributed by atoms with E-state index in [0.717, 1.165) is 26.2 Å². The normalized spacial score (nSPS) is 19.3. The zero-order chi connectivity index (χ0) is 13.7. The number of anilines is 1. The third-order valence-corrected chi connectivity index (χ3v) is 3.42. The molecule has 5 heteroatoms. The van der Waals surface area contributed by atoms with Crippen molar-refractivity contribution in [2.45, 2.75) is 6.10 Å². The Morgan fingerprint density at radius 1 is 1.26 bits per heavy atom. The average molecular weight is 265 g/mol. The van der Waals surface area contributed by atoms with Crippen LogP contribution in [0.5, 0.6) is 5.75 Å². The van der Waals surface area contributed by atoms with Gasteiger partial charge in [0.05, 0.1) is 5.69 Å². The van der Waals surface area contributed by atoms with Crippen LogP contribution in [0.25, 0.3) is 0 Å². The second-order valence-corrected chi connectivity index (χ2v) is 5.11. The van der Waals surface area contributed by atoms with E-state index in [1.807, 2.05) is 18.2 Å². The van der Waals surface area contributed by atoms with Crippen molar-refractivity contribution in [1.29, 1.82) is 0 Å². The van der Waals surface area contributed by atoms with Gasteiger partial charge in [-0.25, -0.2) is 0 Å². The fourth-order valence-electron chi connectivity index (χ4n) is 2.18. The number of β-amino-alcohol motifs (C(OH)–C–C–N with tert-alkyl or cyclic N) is 1. The summed E-state index contributed by atoms with van der Waals surface area (Å²) in [4.78, 5) is 4.56. The predicted molar refractivity (Wildman–Crippen MR) is 76.3 cm³/mol. The maximum absolute atomic E-state index is 10.00. The number of aliphatic hydroxyl groups is 1. The van der Waals surface area contributed by atoms with E-state index < -0.39 is 6.10 Å². The lowest BCUT2D eigenvalue weighted by Gasteiger charge is -2.33. The van der Waals surface area contributed by atoms with E-state index in [-0.39, 0.29) is 6.61 Å². The van der Waals surface area contributed by atoms with Crippen LogP contribution in [-0.2, 0) is 0 Å². The molecule has 0 aromatic heterocycles. The molecule has 0 radical (unpaired) electrons. The molecule has 2 rings (SSSR count). The number of ether oxygens (including phenoxy) is 1. The smallest absolute Gasteiger partial charge is 0.142 e. The van der Waals surface area contributed by atoms with Gasteiger partial charge in [-0.1, -0.05) is 12.1 Å². The topological polar surface area (TPSA) is 62.0 Å². The Morgan fingerprint density at radius 2 is 1.95 bits per heavy atom. The molecule has 1 aromatic rings. The van der Waals surface area contributed by atoms with Crippen molar-refractivity contribution in [1.82, 2.24) is 9.80 Å². The van der Waals surface area contributed by atoms with Gasteiger partial charge in [-0.3, -0.25) is 4.90 Å². The van der Waals surface area contributed by atoms with Crippen molar-refractivity contribution in [3.63, 3.8) is 0 Å². The Bertz CT molecular complexity index is 392. The SMILES string of the molecule is CN1CCN(CC(O)COc2ccccc2N)CC1. The summed E-state index contributed by atoms with van der Waals surface area (Å²) in [5.74, 6) is 0.639.